The van der Waals surface area contributed by atoms with Crippen molar-refractivity contribution in [1.82, 2.24) is 9.97 Å². The molecule has 0 radical (unpaired) electrons. The van der Waals surface area contributed by atoms with E-state index < -0.39 is 0 Å². The van der Waals surface area contributed by atoms with Gasteiger partial charge in [0.05, 0.1) is 22.8 Å². The highest BCUT2D eigenvalue weighted by Gasteiger charge is 2.30. The van der Waals surface area contributed by atoms with Crippen molar-refractivity contribution in [2.45, 2.75) is 38.8 Å². The van der Waals surface area contributed by atoms with Gasteiger partial charge in [-0.05, 0) is 38.8 Å². The number of aromatic nitrogens is 2. The smallest absolute Gasteiger partial charge is 0.148 e. The fourth-order valence-electron chi connectivity index (χ4n) is 2.47. The number of hydrogen-bond donors (Lipinski definition) is 1. The quantitative estimate of drug-likeness (QED) is 0.914. The van der Waals surface area contributed by atoms with Gasteiger partial charge in [-0.3, -0.25) is 0 Å². The third kappa shape index (κ3) is 2.54. The summed E-state index contributed by atoms with van der Waals surface area (Å²) in [5, 5.41) is 3.47. The van der Waals surface area contributed by atoms with Crippen LogP contribution in [0.15, 0.2) is 24.3 Å². The molecule has 19 heavy (non-hydrogen) atoms. The van der Waals surface area contributed by atoms with Crippen molar-refractivity contribution in [1.29, 1.82) is 0 Å². The molecule has 0 amide bonds. The van der Waals surface area contributed by atoms with Crippen molar-refractivity contribution in [3.05, 3.63) is 30.0 Å². The molecule has 1 aliphatic carbocycles. The van der Waals surface area contributed by atoms with Crippen molar-refractivity contribution < 1.29 is 4.74 Å². The van der Waals surface area contributed by atoms with E-state index in [9.17, 15) is 0 Å². The fourth-order valence-corrected chi connectivity index (χ4v) is 2.47. The lowest BCUT2D eigenvalue weighted by Gasteiger charge is -2.35. The van der Waals surface area contributed by atoms with Gasteiger partial charge in [-0.25, -0.2) is 9.97 Å². The van der Waals surface area contributed by atoms with Crippen LogP contribution in [0.1, 0.15) is 25.5 Å². The number of nitrogens with one attached hydrogen (secondary N) is 1. The van der Waals surface area contributed by atoms with Gasteiger partial charge in [0, 0.05) is 12.6 Å². The first kappa shape index (κ1) is 12.4. The van der Waals surface area contributed by atoms with Crippen LogP contribution in [-0.4, -0.2) is 28.7 Å². The van der Waals surface area contributed by atoms with E-state index in [1.54, 1.807) is 0 Å². The number of hydrogen-bond acceptors (Lipinski definition) is 4. The zero-order valence-electron chi connectivity index (χ0n) is 11.4. The summed E-state index contributed by atoms with van der Waals surface area (Å²) >= 11 is 0. The van der Waals surface area contributed by atoms with Crippen LogP contribution in [0.3, 0.4) is 0 Å². The number of aryl methyl sites for hydroxylation is 1. The Morgan fingerprint density at radius 1 is 1.21 bits per heavy atom. The van der Waals surface area contributed by atoms with Crippen LogP contribution in [0.25, 0.3) is 11.0 Å². The number of nitrogens with zero attached hydrogens (tertiary/aromatic N) is 2. The Hall–Kier alpha value is -1.68. The molecule has 0 aliphatic heterocycles. The Morgan fingerprint density at radius 3 is 2.58 bits per heavy atom. The summed E-state index contributed by atoms with van der Waals surface area (Å²) in [7, 11) is 0. The lowest BCUT2D eigenvalue weighted by Crippen LogP contribution is -2.41. The van der Waals surface area contributed by atoms with E-state index in [2.05, 4.69) is 15.3 Å². The van der Waals surface area contributed by atoms with Gasteiger partial charge >= 0.3 is 0 Å². The first-order valence-electron chi connectivity index (χ1n) is 6.87. The number of ether oxygens (including phenoxy) is 1. The van der Waals surface area contributed by atoms with Crippen LogP contribution in [0, 0.1) is 6.92 Å². The standard InChI is InChI=1S/C15H19N3O/c1-3-19-12-8-11(9-12)17-15-10(2)16-13-6-4-5-7-14(13)18-15/h4-7,11-12H,3,8-9H2,1-2H3,(H,17,18). The summed E-state index contributed by atoms with van der Waals surface area (Å²) < 4.78 is 5.57. The van der Waals surface area contributed by atoms with Crippen LogP contribution in [0.5, 0.6) is 0 Å². The number of benzene rings is 1. The normalized spacial score (nSPS) is 22.2. The Balaban J connectivity index is 1.73. The number of rotatable bonds is 4. The molecule has 1 aromatic heterocycles. The molecule has 0 saturated heterocycles. The molecule has 100 valence electrons. The molecular weight excluding hydrogens is 238 g/mol. The topological polar surface area (TPSA) is 47.0 Å². The van der Waals surface area contributed by atoms with Crippen molar-refractivity contribution in [2.24, 2.45) is 0 Å². The third-order valence-electron chi connectivity index (χ3n) is 3.58. The molecule has 1 fully saturated rings. The Kier molecular flexibility index (Phi) is 3.34. The van der Waals surface area contributed by atoms with Crippen LogP contribution in [0.2, 0.25) is 0 Å². The molecule has 0 bridgehead atoms. The van der Waals surface area contributed by atoms with Crippen LogP contribution < -0.4 is 5.32 Å². The average molecular weight is 257 g/mol. The van der Waals surface area contributed by atoms with Gasteiger partial charge in [0.15, 0.2) is 0 Å². The van der Waals surface area contributed by atoms with Crippen LogP contribution in [-0.2, 0) is 4.74 Å². The molecule has 3 rings (SSSR count). The number of anilines is 1. The second kappa shape index (κ2) is 5.13. The molecule has 0 spiro atoms. The largest absolute Gasteiger partial charge is 0.378 e. The predicted molar refractivity (Wildman–Crippen MR) is 76.3 cm³/mol. The van der Waals surface area contributed by atoms with Gasteiger partial charge in [0.1, 0.15) is 5.82 Å². The summed E-state index contributed by atoms with van der Waals surface area (Å²) in [6.07, 6.45) is 2.53. The summed E-state index contributed by atoms with van der Waals surface area (Å²) in [6.45, 7) is 4.84. The summed E-state index contributed by atoms with van der Waals surface area (Å²) in [5.41, 5.74) is 2.85. The van der Waals surface area contributed by atoms with Gasteiger partial charge in [-0.2, -0.15) is 0 Å². The Bertz CT molecular complexity index is 579. The first-order valence-corrected chi connectivity index (χ1v) is 6.87. The number of para-hydroxylation sites is 2. The SMILES string of the molecule is CCOC1CC(Nc2nc3ccccc3nc2C)C1. The zero-order valence-corrected chi connectivity index (χ0v) is 11.4. The highest BCUT2D eigenvalue weighted by molar-refractivity contribution is 5.76. The van der Waals surface area contributed by atoms with E-state index >= 15 is 0 Å². The average Bonchev–Trinajstić information content (AvgIpc) is 2.37. The van der Waals surface area contributed by atoms with Gasteiger partial charge in [0.25, 0.3) is 0 Å². The molecule has 1 saturated carbocycles. The van der Waals surface area contributed by atoms with Gasteiger partial charge < -0.3 is 10.1 Å². The highest BCUT2D eigenvalue weighted by atomic mass is 16.5. The van der Waals surface area contributed by atoms with Crippen molar-refractivity contribution in [3.63, 3.8) is 0 Å². The third-order valence-corrected chi connectivity index (χ3v) is 3.58. The summed E-state index contributed by atoms with van der Waals surface area (Å²) in [5.74, 6) is 0.902. The molecule has 1 aromatic carbocycles. The minimum Gasteiger partial charge on any atom is -0.378 e. The molecule has 4 heteroatoms. The molecule has 1 heterocycles. The fraction of sp³-hybridized carbons (Fsp3) is 0.467. The molecule has 4 nitrogen and oxygen atoms in total. The van der Waals surface area contributed by atoms with E-state index in [-0.39, 0.29) is 0 Å². The first-order chi connectivity index (χ1) is 9.26. The van der Waals surface area contributed by atoms with Crippen molar-refractivity contribution in [3.8, 4) is 0 Å². The van der Waals surface area contributed by atoms with Crippen molar-refractivity contribution in [2.75, 3.05) is 11.9 Å². The van der Waals surface area contributed by atoms with E-state index in [0.29, 0.717) is 12.1 Å². The predicted octanol–water partition coefficient (Wildman–Crippen LogP) is 2.92. The molecular formula is C15H19N3O. The van der Waals surface area contributed by atoms with Crippen molar-refractivity contribution >= 4 is 16.9 Å². The van der Waals surface area contributed by atoms with Gasteiger partial charge in [-0.1, -0.05) is 12.1 Å². The monoisotopic (exact) mass is 257 g/mol. The summed E-state index contributed by atoms with van der Waals surface area (Å²) in [6, 6.07) is 8.43. The minimum absolute atomic E-state index is 0.413. The van der Waals surface area contributed by atoms with Gasteiger partial charge in [-0.15, -0.1) is 0 Å². The zero-order chi connectivity index (χ0) is 13.2. The second-order valence-electron chi connectivity index (χ2n) is 5.04. The van der Waals surface area contributed by atoms with Crippen LogP contribution in [0.4, 0.5) is 5.82 Å². The van der Waals surface area contributed by atoms with E-state index in [1.807, 2.05) is 38.1 Å². The Labute approximate surface area is 113 Å². The Morgan fingerprint density at radius 2 is 1.89 bits per heavy atom. The van der Waals surface area contributed by atoms with E-state index in [1.165, 1.54) is 0 Å². The van der Waals surface area contributed by atoms with Gasteiger partial charge in [0.2, 0.25) is 0 Å². The maximum atomic E-state index is 5.57. The molecule has 0 unspecified atom stereocenters. The maximum Gasteiger partial charge on any atom is 0.148 e. The molecule has 1 N–H and O–H groups in total. The second-order valence-corrected chi connectivity index (χ2v) is 5.04. The van der Waals surface area contributed by atoms with E-state index in [0.717, 1.165) is 42.0 Å². The molecule has 1 aliphatic rings. The highest BCUT2D eigenvalue weighted by Crippen LogP contribution is 2.27. The van der Waals surface area contributed by atoms with E-state index in [4.69, 9.17) is 4.74 Å². The molecule has 2 aromatic rings. The lowest BCUT2D eigenvalue weighted by molar-refractivity contribution is 0.00291. The lowest BCUT2D eigenvalue weighted by atomic mass is 9.89. The number of fused-ring (bicyclic) bond motifs is 1. The minimum atomic E-state index is 0.413. The van der Waals surface area contributed by atoms with Crippen LogP contribution >= 0.6 is 0 Å². The summed E-state index contributed by atoms with van der Waals surface area (Å²) in [4.78, 5) is 9.24. The molecule has 0 atom stereocenters. The maximum absolute atomic E-state index is 5.57.